The van der Waals surface area contributed by atoms with Crippen molar-refractivity contribution in [1.29, 1.82) is 0 Å². The van der Waals surface area contributed by atoms with Crippen LogP contribution in [0.25, 0.3) is 0 Å². The number of alkyl halides is 6. The van der Waals surface area contributed by atoms with Crippen LogP contribution in [0, 0.1) is 17.8 Å². The molecule has 3 aliphatic heterocycles. The Balaban J connectivity index is 1.47. The predicted octanol–water partition coefficient (Wildman–Crippen LogP) is 8.50. The molecule has 0 amide bonds. The molecule has 10 heteroatoms. The van der Waals surface area contributed by atoms with Gasteiger partial charge in [-0.2, -0.15) is 26.3 Å². The first-order valence-corrected chi connectivity index (χ1v) is 14.8. The highest BCUT2D eigenvalue weighted by Crippen LogP contribution is 2.48. The fraction of sp³-hybridized carbons (Fsp3) is 0.594. The largest absolute Gasteiger partial charge is 0.489 e. The van der Waals surface area contributed by atoms with Gasteiger partial charge in [-0.15, -0.1) is 0 Å². The van der Waals surface area contributed by atoms with Gasteiger partial charge in [-0.05, 0) is 111 Å². The van der Waals surface area contributed by atoms with E-state index in [-0.39, 0.29) is 30.0 Å². The van der Waals surface area contributed by atoms with E-state index in [1.807, 2.05) is 23.1 Å². The molecule has 2 aromatic rings. The van der Waals surface area contributed by atoms with Crippen LogP contribution in [0.1, 0.15) is 92.1 Å². The summed E-state index contributed by atoms with van der Waals surface area (Å²) in [5.41, 5.74) is -0.603. The number of carboxylic acids is 1. The Hall–Kier alpha value is -2.75. The normalized spacial score (nSPS) is 24.2. The van der Waals surface area contributed by atoms with Crippen LogP contribution in [0.5, 0.6) is 5.75 Å². The standard InChI is InChI=1S/C32H37F6NO3/c1-18(30(40)41)29(22-9-10-22)23-11-8-21-7-6-20-4-3-5-25(42-28(21)14-23)17-39(16-20)19(2)26-15-24(31(33,34)35)12-13-27(26)32(36,37)38/h8,11-15,18-20,22,25,29H,3-7,9-10,16-17H2,1-2H3,(H,40,41)/t18-,19+,20-,25-,29-/m0/s1. The van der Waals surface area contributed by atoms with Crippen LogP contribution in [-0.4, -0.2) is 35.2 Å². The number of ether oxygens (including phenoxy) is 1. The second kappa shape index (κ2) is 11.7. The number of aryl methyl sites for hydroxylation is 1. The summed E-state index contributed by atoms with van der Waals surface area (Å²) in [7, 11) is 0. The zero-order valence-corrected chi connectivity index (χ0v) is 23.8. The highest BCUT2D eigenvalue weighted by molar-refractivity contribution is 5.71. The number of nitrogens with zero attached hydrogens (tertiary/aromatic N) is 1. The number of halogens is 6. The molecule has 2 aromatic carbocycles. The van der Waals surface area contributed by atoms with Crippen molar-refractivity contribution in [3.05, 3.63) is 64.2 Å². The second-order valence-corrected chi connectivity index (χ2v) is 12.4. The molecule has 1 N–H and O–H groups in total. The van der Waals surface area contributed by atoms with Gasteiger partial charge in [-0.25, -0.2) is 0 Å². The molecule has 42 heavy (non-hydrogen) atoms. The number of fused-ring (bicyclic) bond motifs is 5. The summed E-state index contributed by atoms with van der Waals surface area (Å²) in [6.07, 6.45) is -4.13. The number of benzene rings is 2. The van der Waals surface area contributed by atoms with Gasteiger partial charge in [0.05, 0.1) is 17.0 Å². The Morgan fingerprint density at radius 3 is 2.31 bits per heavy atom. The van der Waals surface area contributed by atoms with E-state index in [4.69, 9.17) is 4.74 Å². The molecule has 2 fully saturated rings. The minimum absolute atomic E-state index is 0.135. The summed E-state index contributed by atoms with van der Waals surface area (Å²) in [5.74, 6) is -0.402. The van der Waals surface area contributed by atoms with Gasteiger partial charge in [-0.3, -0.25) is 9.69 Å². The lowest BCUT2D eigenvalue weighted by Gasteiger charge is -2.39. The molecular formula is C32H37F6NO3. The van der Waals surface area contributed by atoms with E-state index in [0.29, 0.717) is 49.3 Å². The Morgan fingerprint density at radius 1 is 0.929 bits per heavy atom. The Bertz CT molecular complexity index is 1290. The molecule has 4 aliphatic rings. The van der Waals surface area contributed by atoms with E-state index < -0.39 is 41.4 Å². The van der Waals surface area contributed by atoms with Crippen molar-refractivity contribution in [2.75, 3.05) is 13.1 Å². The molecule has 3 heterocycles. The molecule has 2 bridgehead atoms. The fourth-order valence-corrected chi connectivity index (χ4v) is 6.88. The summed E-state index contributed by atoms with van der Waals surface area (Å²) in [6, 6.07) is 6.74. The maximum Gasteiger partial charge on any atom is 0.416 e. The monoisotopic (exact) mass is 597 g/mol. The lowest BCUT2D eigenvalue weighted by Crippen LogP contribution is -2.43. The van der Waals surface area contributed by atoms with Gasteiger partial charge < -0.3 is 9.84 Å². The van der Waals surface area contributed by atoms with Crippen LogP contribution in [0.3, 0.4) is 0 Å². The van der Waals surface area contributed by atoms with Gasteiger partial charge in [0.1, 0.15) is 11.9 Å². The Kier molecular flexibility index (Phi) is 8.58. The average molecular weight is 598 g/mol. The first-order chi connectivity index (χ1) is 19.7. The minimum atomic E-state index is -4.79. The van der Waals surface area contributed by atoms with Crippen molar-refractivity contribution in [3.63, 3.8) is 0 Å². The third-order valence-corrected chi connectivity index (χ3v) is 9.40. The maximum absolute atomic E-state index is 14.0. The zero-order valence-electron chi connectivity index (χ0n) is 23.8. The molecule has 5 atom stereocenters. The number of hydrogen-bond donors (Lipinski definition) is 1. The van der Waals surface area contributed by atoms with E-state index in [0.717, 1.165) is 43.2 Å². The fourth-order valence-electron chi connectivity index (χ4n) is 6.88. The number of aliphatic carboxylic acids is 1. The molecular weight excluding hydrogens is 560 g/mol. The summed E-state index contributed by atoms with van der Waals surface area (Å²) in [5, 5.41) is 9.73. The molecule has 6 rings (SSSR count). The van der Waals surface area contributed by atoms with Gasteiger partial charge >= 0.3 is 18.3 Å². The summed E-state index contributed by atoms with van der Waals surface area (Å²) >= 11 is 0. The summed E-state index contributed by atoms with van der Waals surface area (Å²) in [4.78, 5) is 13.7. The van der Waals surface area contributed by atoms with Crippen molar-refractivity contribution < 1.29 is 41.0 Å². The van der Waals surface area contributed by atoms with Crippen molar-refractivity contribution in [3.8, 4) is 5.75 Å². The number of hydrogen-bond acceptors (Lipinski definition) is 3. The molecule has 4 nitrogen and oxygen atoms in total. The van der Waals surface area contributed by atoms with E-state index in [2.05, 4.69) is 0 Å². The van der Waals surface area contributed by atoms with E-state index in [9.17, 15) is 36.2 Å². The van der Waals surface area contributed by atoms with Crippen LogP contribution in [-0.2, 0) is 23.6 Å². The van der Waals surface area contributed by atoms with Crippen molar-refractivity contribution in [2.45, 2.75) is 89.2 Å². The average Bonchev–Trinajstić information content (AvgIpc) is 3.74. The van der Waals surface area contributed by atoms with Gasteiger partial charge in [0, 0.05) is 19.1 Å². The number of rotatable bonds is 6. The highest BCUT2D eigenvalue weighted by Gasteiger charge is 2.41. The lowest BCUT2D eigenvalue weighted by molar-refractivity contribution is -0.142. The van der Waals surface area contributed by atoms with Gasteiger partial charge in [0.15, 0.2) is 0 Å². The number of carboxylic acid groups (broad SMARTS) is 1. The summed E-state index contributed by atoms with van der Waals surface area (Å²) < 4.78 is 89.1. The van der Waals surface area contributed by atoms with Gasteiger partial charge in [-0.1, -0.05) is 19.1 Å². The first kappa shape index (κ1) is 30.7. The van der Waals surface area contributed by atoms with Gasteiger partial charge in [0.2, 0.25) is 0 Å². The second-order valence-electron chi connectivity index (χ2n) is 12.4. The topological polar surface area (TPSA) is 49.8 Å². The molecule has 1 saturated carbocycles. The smallest absolute Gasteiger partial charge is 0.416 e. The van der Waals surface area contributed by atoms with Crippen LogP contribution in [0.4, 0.5) is 26.3 Å². The van der Waals surface area contributed by atoms with Crippen LogP contribution in [0.15, 0.2) is 36.4 Å². The lowest BCUT2D eigenvalue weighted by atomic mass is 9.82. The molecule has 0 radical (unpaired) electrons. The molecule has 0 aromatic heterocycles. The van der Waals surface area contributed by atoms with Crippen molar-refractivity contribution >= 4 is 5.97 Å². The maximum atomic E-state index is 14.0. The SMILES string of the molecule is C[C@H](C(=O)O)[C@H](c1ccc2c(c1)O[C@H]1CCC[C@@H](CC2)CN([C@H](C)c2cc(C(F)(F)F)ccc2C(F)(F)F)C1)C1CC1. The van der Waals surface area contributed by atoms with E-state index in [1.54, 1.807) is 13.8 Å². The third kappa shape index (κ3) is 6.74. The Morgan fingerprint density at radius 2 is 1.67 bits per heavy atom. The molecule has 1 saturated heterocycles. The minimum Gasteiger partial charge on any atom is -0.489 e. The van der Waals surface area contributed by atoms with Crippen LogP contribution < -0.4 is 4.74 Å². The van der Waals surface area contributed by atoms with Crippen LogP contribution >= 0.6 is 0 Å². The molecule has 0 unspecified atom stereocenters. The van der Waals surface area contributed by atoms with E-state index in [1.165, 1.54) is 0 Å². The highest BCUT2D eigenvalue weighted by atomic mass is 19.4. The predicted molar refractivity (Wildman–Crippen MR) is 145 cm³/mol. The quantitative estimate of drug-likeness (QED) is 0.339. The van der Waals surface area contributed by atoms with Crippen LogP contribution in [0.2, 0.25) is 0 Å². The first-order valence-electron chi connectivity index (χ1n) is 14.8. The van der Waals surface area contributed by atoms with E-state index >= 15 is 0 Å². The molecule has 1 aliphatic carbocycles. The molecule has 0 spiro atoms. The Labute approximate surface area is 242 Å². The molecule has 230 valence electrons. The summed E-state index contributed by atoms with van der Waals surface area (Å²) in [6.45, 7) is 4.01. The third-order valence-electron chi connectivity index (χ3n) is 9.40. The van der Waals surface area contributed by atoms with Gasteiger partial charge in [0.25, 0.3) is 0 Å². The van der Waals surface area contributed by atoms with Crippen molar-refractivity contribution in [1.82, 2.24) is 4.90 Å². The van der Waals surface area contributed by atoms with Crippen molar-refractivity contribution in [2.24, 2.45) is 17.8 Å². The zero-order chi connectivity index (χ0) is 30.4. The number of carbonyl (C=O) groups is 1.